The van der Waals surface area contributed by atoms with Crippen LogP contribution >= 0.6 is 0 Å². The van der Waals surface area contributed by atoms with Crippen molar-refractivity contribution in [2.75, 3.05) is 19.6 Å². The summed E-state index contributed by atoms with van der Waals surface area (Å²) >= 11 is 0. The Kier molecular flexibility index (Phi) is 5.59. The predicted octanol–water partition coefficient (Wildman–Crippen LogP) is 1.51. The molecule has 0 aromatic carbocycles. The number of carbonyl (C=O) groups is 1. The van der Waals surface area contributed by atoms with Gasteiger partial charge in [0.1, 0.15) is 0 Å². The number of aromatic nitrogens is 2. The molecule has 5 nitrogen and oxygen atoms in total. The van der Waals surface area contributed by atoms with Crippen molar-refractivity contribution in [3.05, 3.63) is 18.2 Å². The van der Waals surface area contributed by atoms with Gasteiger partial charge in [-0.05, 0) is 25.3 Å². The highest BCUT2D eigenvalue weighted by molar-refractivity contribution is 5.75. The SMILES string of the molecule is CC(C)CNC(=O)CCn1cncc1C1CCCNC1. The summed E-state index contributed by atoms with van der Waals surface area (Å²) in [5.41, 5.74) is 1.26. The summed E-state index contributed by atoms with van der Waals surface area (Å²) in [4.78, 5) is 16.0. The van der Waals surface area contributed by atoms with Crippen molar-refractivity contribution >= 4 is 5.91 Å². The maximum Gasteiger partial charge on any atom is 0.221 e. The Bertz CT molecular complexity index is 421. The zero-order valence-electron chi connectivity index (χ0n) is 12.6. The molecule has 0 radical (unpaired) electrons. The summed E-state index contributed by atoms with van der Waals surface area (Å²) in [5, 5.41) is 6.39. The lowest BCUT2D eigenvalue weighted by Crippen LogP contribution is -2.30. The summed E-state index contributed by atoms with van der Waals surface area (Å²) in [6.07, 6.45) is 6.74. The molecular weight excluding hydrogens is 252 g/mol. The van der Waals surface area contributed by atoms with Gasteiger partial charge in [0.25, 0.3) is 0 Å². The number of imidazole rings is 1. The highest BCUT2D eigenvalue weighted by Crippen LogP contribution is 2.22. The topological polar surface area (TPSA) is 59.0 Å². The van der Waals surface area contributed by atoms with Crippen LogP contribution in [0.2, 0.25) is 0 Å². The van der Waals surface area contributed by atoms with Crippen LogP contribution in [-0.4, -0.2) is 35.1 Å². The van der Waals surface area contributed by atoms with Crippen molar-refractivity contribution in [2.24, 2.45) is 5.92 Å². The van der Waals surface area contributed by atoms with E-state index in [9.17, 15) is 4.79 Å². The minimum Gasteiger partial charge on any atom is -0.356 e. The molecule has 1 aliphatic heterocycles. The molecule has 0 aliphatic carbocycles. The number of carbonyl (C=O) groups excluding carboxylic acids is 1. The van der Waals surface area contributed by atoms with Gasteiger partial charge >= 0.3 is 0 Å². The van der Waals surface area contributed by atoms with Crippen LogP contribution in [0, 0.1) is 5.92 Å². The molecule has 1 aromatic rings. The van der Waals surface area contributed by atoms with Crippen molar-refractivity contribution in [1.29, 1.82) is 0 Å². The van der Waals surface area contributed by atoms with Crippen LogP contribution in [0.3, 0.4) is 0 Å². The Morgan fingerprint density at radius 3 is 3.15 bits per heavy atom. The van der Waals surface area contributed by atoms with E-state index in [1.54, 1.807) is 0 Å². The van der Waals surface area contributed by atoms with E-state index in [0.717, 1.165) is 26.2 Å². The fraction of sp³-hybridized carbons (Fsp3) is 0.733. The van der Waals surface area contributed by atoms with Crippen LogP contribution in [0.25, 0.3) is 0 Å². The van der Waals surface area contributed by atoms with Gasteiger partial charge in [0.2, 0.25) is 5.91 Å². The van der Waals surface area contributed by atoms with Crippen molar-refractivity contribution < 1.29 is 4.79 Å². The molecule has 1 amide bonds. The number of nitrogens with one attached hydrogen (secondary N) is 2. The third-order valence-electron chi connectivity index (χ3n) is 3.75. The number of aryl methyl sites for hydroxylation is 1. The predicted molar refractivity (Wildman–Crippen MR) is 79.5 cm³/mol. The Morgan fingerprint density at radius 1 is 1.60 bits per heavy atom. The average Bonchev–Trinajstić information content (AvgIpc) is 2.92. The van der Waals surface area contributed by atoms with Crippen LogP contribution < -0.4 is 10.6 Å². The summed E-state index contributed by atoms with van der Waals surface area (Å²) in [6.45, 7) is 7.81. The highest BCUT2D eigenvalue weighted by Gasteiger charge is 2.18. The summed E-state index contributed by atoms with van der Waals surface area (Å²) in [6, 6.07) is 0. The quantitative estimate of drug-likeness (QED) is 0.829. The van der Waals surface area contributed by atoms with Crippen LogP contribution in [0.1, 0.15) is 44.7 Å². The Hall–Kier alpha value is -1.36. The van der Waals surface area contributed by atoms with Crippen molar-refractivity contribution in [3.63, 3.8) is 0 Å². The van der Waals surface area contributed by atoms with Gasteiger partial charge in [0, 0.05) is 43.9 Å². The first kappa shape index (κ1) is 15.0. The van der Waals surface area contributed by atoms with Gasteiger partial charge < -0.3 is 15.2 Å². The molecule has 2 heterocycles. The van der Waals surface area contributed by atoms with Gasteiger partial charge in [-0.25, -0.2) is 4.98 Å². The van der Waals surface area contributed by atoms with E-state index >= 15 is 0 Å². The van der Waals surface area contributed by atoms with Crippen molar-refractivity contribution in [2.45, 2.75) is 45.6 Å². The van der Waals surface area contributed by atoms with Gasteiger partial charge in [-0.3, -0.25) is 4.79 Å². The van der Waals surface area contributed by atoms with E-state index in [2.05, 4.69) is 34.0 Å². The summed E-state index contributed by atoms with van der Waals surface area (Å²) in [5.74, 6) is 1.15. The van der Waals surface area contributed by atoms with Crippen molar-refractivity contribution in [3.8, 4) is 0 Å². The summed E-state index contributed by atoms with van der Waals surface area (Å²) in [7, 11) is 0. The first-order valence-electron chi connectivity index (χ1n) is 7.64. The monoisotopic (exact) mass is 278 g/mol. The largest absolute Gasteiger partial charge is 0.356 e. The number of hydrogen-bond acceptors (Lipinski definition) is 3. The normalized spacial score (nSPS) is 19.2. The number of nitrogens with zero attached hydrogens (tertiary/aromatic N) is 2. The molecule has 2 N–H and O–H groups in total. The van der Waals surface area contributed by atoms with E-state index in [4.69, 9.17) is 0 Å². The van der Waals surface area contributed by atoms with Gasteiger partial charge in [-0.2, -0.15) is 0 Å². The number of amides is 1. The molecule has 1 atom stereocenters. The average molecular weight is 278 g/mol. The first-order chi connectivity index (χ1) is 9.66. The Labute approximate surface area is 121 Å². The molecule has 112 valence electrons. The fourth-order valence-corrected chi connectivity index (χ4v) is 2.59. The third-order valence-corrected chi connectivity index (χ3v) is 3.75. The standard InChI is InChI=1S/C15H26N4O/c1-12(2)8-18-15(20)5-7-19-11-17-10-14(19)13-4-3-6-16-9-13/h10-13,16H,3-9H2,1-2H3,(H,18,20). The molecule has 1 unspecified atom stereocenters. The lowest BCUT2D eigenvalue weighted by Gasteiger charge is -2.23. The van der Waals surface area contributed by atoms with Crippen LogP contribution in [-0.2, 0) is 11.3 Å². The molecule has 0 bridgehead atoms. The van der Waals surface area contributed by atoms with Crippen LogP contribution in [0.4, 0.5) is 0 Å². The molecule has 2 rings (SSSR count). The third kappa shape index (κ3) is 4.34. The molecule has 5 heteroatoms. The fourth-order valence-electron chi connectivity index (χ4n) is 2.59. The number of rotatable bonds is 6. The smallest absolute Gasteiger partial charge is 0.221 e. The second-order valence-electron chi connectivity index (χ2n) is 6.00. The van der Waals surface area contributed by atoms with Gasteiger partial charge in [0.15, 0.2) is 0 Å². The molecule has 1 aliphatic rings. The second kappa shape index (κ2) is 7.43. The van der Waals surface area contributed by atoms with Crippen LogP contribution in [0.5, 0.6) is 0 Å². The lowest BCUT2D eigenvalue weighted by atomic mass is 9.96. The maximum atomic E-state index is 11.8. The number of piperidine rings is 1. The lowest BCUT2D eigenvalue weighted by molar-refractivity contribution is -0.121. The maximum absolute atomic E-state index is 11.8. The molecule has 1 aromatic heterocycles. The van der Waals surface area contributed by atoms with Crippen molar-refractivity contribution in [1.82, 2.24) is 20.2 Å². The zero-order valence-corrected chi connectivity index (χ0v) is 12.6. The first-order valence-corrected chi connectivity index (χ1v) is 7.64. The molecule has 1 fully saturated rings. The molecular formula is C15H26N4O. The van der Waals surface area contributed by atoms with E-state index in [1.807, 2.05) is 12.5 Å². The Balaban J connectivity index is 1.84. The molecule has 1 saturated heterocycles. The second-order valence-corrected chi connectivity index (χ2v) is 6.00. The van der Waals surface area contributed by atoms with Gasteiger partial charge in [-0.15, -0.1) is 0 Å². The van der Waals surface area contributed by atoms with E-state index in [-0.39, 0.29) is 5.91 Å². The molecule has 0 spiro atoms. The molecule has 0 saturated carbocycles. The Morgan fingerprint density at radius 2 is 2.45 bits per heavy atom. The molecule has 20 heavy (non-hydrogen) atoms. The zero-order chi connectivity index (χ0) is 14.4. The van der Waals surface area contributed by atoms with E-state index in [1.165, 1.54) is 18.5 Å². The van der Waals surface area contributed by atoms with E-state index in [0.29, 0.717) is 18.3 Å². The highest BCUT2D eigenvalue weighted by atomic mass is 16.1. The number of hydrogen-bond donors (Lipinski definition) is 2. The summed E-state index contributed by atoms with van der Waals surface area (Å²) < 4.78 is 2.13. The van der Waals surface area contributed by atoms with Gasteiger partial charge in [0.05, 0.1) is 6.33 Å². The minimum atomic E-state index is 0.125. The van der Waals surface area contributed by atoms with E-state index < -0.39 is 0 Å². The van der Waals surface area contributed by atoms with Crippen LogP contribution in [0.15, 0.2) is 12.5 Å². The minimum absolute atomic E-state index is 0.125. The van der Waals surface area contributed by atoms with Gasteiger partial charge in [-0.1, -0.05) is 13.8 Å².